The second kappa shape index (κ2) is 21.2. The van der Waals surface area contributed by atoms with Crippen LogP contribution >= 0.6 is 11.8 Å². The lowest BCUT2D eigenvalue weighted by Crippen LogP contribution is -2.44. The van der Waals surface area contributed by atoms with Gasteiger partial charge in [0.2, 0.25) is 5.91 Å². The Balaban J connectivity index is 4.70. The van der Waals surface area contributed by atoms with E-state index < -0.39 is 41.8 Å². The van der Waals surface area contributed by atoms with Crippen molar-refractivity contribution in [3.8, 4) is 0 Å². The third-order valence-electron chi connectivity index (χ3n) is 4.67. The molecule has 3 atom stereocenters. The molecule has 0 aliphatic rings. The number of nitrogens with two attached hydrogens (primary N) is 1. The molecular formula is C25H40N2O6S. The van der Waals surface area contributed by atoms with Crippen LogP contribution in [0, 0.1) is 0 Å². The number of allylic oxidation sites excluding steroid dienone is 7. The zero-order valence-corrected chi connectivity index (χ0v) is 20.8. The van der Waals surface area contributed by atoms with E-state index in [-0.39, 0.29) is 12.2 Å². The Morgan fingerprint density at radius 3 is 2.38 bits per heavy atom. The summed E-state index contributed by atoms with van der Waals surface area (Å²) in [6, 6.07) is -0.931. The highest BCUT2D eigenvalue weighted by atomic mass is 32.2. The van der Waals surface area contributed by atoms with E-state index in [4.69, 9.17) is 15.9 Å². The van der Waals surface area contributed by atoms with Gasteiger partial charge in [-0.1, -0.05) is 68.4 Å². The molecule has 34 heavy (non-hydrogen) atoms. The van der Waals surface area contributed by atoms with Crippen LogP contribution in [0.25, 0.3) is 0 Å². The molecule has 1 amide bonds. The summed E-state index contributed by atoms with van der Waals surface area (Å²) in [7, 11) is 0. The number of hydrogen-bond acceptors (Lipinski definition) is 6. The highest BCUT2D eigenvalue weighted by Gasteiger charge is 2.21. The molecular weight excluding hydrogens is 456 g/mol. The normalized spacial score (nSPS) is 14.8. The van der Waals surface area contributed by atoms with Crippen molar-refractivity contribution < 1.29 is 29.7 Å². The number of nitrogens with one attached hydrogen (secondary N) is 1. The predicted molar refractivity (Wildman–Crippen MR) is 138 cm³/mol. The number of thioether (sulfide) groups is 1. The van der Waals surface area contributed by atoms with Gasteiger partial charge in [-0.3, -0.25) is 14.4 Å². The van der Waals surface area contributed by atoms with Crippen LogP contribution in [0.5, 0.6) is 0 Å². The lowest BCUT2D eigenvalue weighted by atomic mass is 10.1. The molecule has 0 spiro atoms. The van der Waals surface area contributed by atoms with Gasteiger partial charge in [0.15, 0.2) is 0 Å². The quantitative estimate of drug-likeness (QED) is 0.0977. The van der Waals surface area contributed by atoms with Crippen LogP contribution in [0.2, 0.25) is 0 Å². The summed E-state index contributed by atoms with van der Waals surface area (Å²) in [5, 5.41) is 29.8. The number of carbonyl (C=O) groups is 3. The number of carboxylic acid groups (broad SMARTS) is 2. The van der Waals surface area contributed by atoms with Crippen LogP contribution < -0.4 is 11.1 Å². The fourth-order valence-electron chi connectivity index (χ4n) is 2.77. The van der Waals surface area contributed by atoms with Crippen LogP contribution in [-0.4, -0.2) is 62.9 Å². The van der Waals surface area contributed by atoms with Crippen molar-refractivity contribution in [2.24, 2.45) is 5.73 Å². The summed E-state index contributed by atoms with van der Waals surface area (Å²) in [5.41, 5.74) is 5.82. The van der Waals surface area contributed by atoms with Crippen molar-refractivity contribution in [3.63, 3.8) is 0 Å². The van der Waals surface area contributed by atoms with E-state index in [1.54, 1.807) is 12.2 Å². The Kier molecular flexibility index (Phi) is 19.7. The molecule has 0 aromatic rings. The van der Waals surface area contributed by atoms with E-state index in [0.29, 0.717) is 12.8 Å². The number of amides is 1. The summed E-state index contributed by atoms with van der Waals surface area (Å²) < 4.78 is 0. The largest absolute Gasteiger partial charge is 0.481 e. The Hall–Kier alpha value is -2.36. The molecule has 9 heteroatoms. The van der Waals surface area contributed by atoms with Crippen molar-refractivity contribution in [1.29, 1.82) is 0 Å². The minimum Gasteiger partial charge on any atom is -0.481 e. The van der Waals surface area contributed by atoms with Gasteiger partial charge >= 0.3 is 11.9 Å². The van der Waals surface area contributed by atoms with Crippen LogP contribution in [0.4, 0.5) is 0 Å². The van der Waals surface area contributed by atoms with Crippen molar-refractivity contribution in [2.75, 3.05) is 12.3 Å². The highest BCUT2D eigenvalue weighted by Crippen LogP contribution is 2.21. The summed E-state index contributed by atoms with van der Waals surface area (Å²) in [6.07, 6.45) is 21.1. The molecule has 0 fully saturated rings. The van der Waals surface area contributed by atoms with E-state index in [2.05, 4.69) is 24.4 Å². The van der Waals surface area contributed by atoms with Crippen LogP contribution in [0.1, 0.15) is 58.3 Å². The van der Waals surface area contributed by atoms with Crippen molar-refractivity contribution in [3.05, 3.63) is 48.6 Å². The fraction of sp³-hybridized carbons (Fsp3) is 0.560. The maximum Gasteiger partial charge on any atom is 0.322 e. The zero-order valence-electron chi connectivity index (χ0n) is 20.0. The third-order valence-corrected chi connectivity index (χ3v) is 6.08. The minimum atomic E-state index is -1.16. The van der Waals surface area contributed by atoms with Gasteiger partial charge in [-0.2, -0.15) is 0 Å². The second-order valence-corrected chi connectivity index (χ2v) is 8.98. The van der Waals surface area contributed by atoms with Gasteiger partial charge in [-0.05, 0) is 32.1 Å². The molecule has 0 radical (unpaired) electrons. The Morgan fingerprint density at radius 2 is 1.71 bits per heavy atom. The Bertz CT molecular complexity index is 706. The summed E-state index contributed by atoms with van der Waals surface area (Å²) >= 11 is 1.26. The number of rotatable bonds is 20. The Labute approximate surface area is 207 Å². The molecule has 0 aromatic carbocycles. The number of hydrogen-bond donors (Lipinski definition) is 5. The summed E-state index contributed by atoms with van der Waals surface area (Å²) in [6.45, 7) is 1.68. The topological polar surface area (TPSA) is 150 Å². The molecule has 8 nitrogen and oxygen atoms in total. The van der Waals surface area contributed by atoms with Crippen molar-refractivity contribution in [2.45, 2.75) is 75.7 Å². The fourth-order valence-corrected chi connectivity index (χ4v) is 3.91. The van der Waals surface area contributed by atoms with Gasteiger partial charge in [-0.15, -0.1) is 11.8 Å². The molecule has 0 rings (SSSR count). The van der Waals surface area contributed by atoms with Crippen molar-refractivity contribution >= 4 is 29.6 Å². The smallest absolute Gasteiger partial charge is 0.322 e. The van der Waals surface area contributed by atoms with E-state index in [9.17, 15) is 19.5 Å². The molecule has 0 saturated heterocycles. The molecule has 0 unspecified atom stereocenters. The second-order valence-electron chi connectivity index (χ2n) is 7.77. The standard InChI is InChI=1S/C25H40N2O6S/c1-2-3-4-5-6-7-8-9-10-11-12-13-16-22(21(28)15-14-17-23(29)30)34-19-20(26)25(33)27-18-24(31)32/h6-7,9-13,16,20-22,28H,2-5,8,14-15,17-19,26H2,1H3,(H,27,33)(H,29,30)(H,31,32)/b7-6-,10-9+,12-11+,16-13-/t20-,21-,22+/m0/s1. The number of carboxylic acids is 2. The molecule has 0 aliphatic heterocycles. The SMILES string of the molecule is CCCCC/C=C\C/C=C/C=C/C=C\[C@@H](SC[C@H](N)C(=O)NCC(=O)O)[C@@H](O)CCCC(=O)O. The molecule has 0 bridgehead atoms. The van der Waals surface area contributed by atoms with E-state index in [1.807, 2.05) is 24.3 Å². The average molecular weight is 497 g/mol. The van der Waals surface area contributed by atoms with Gasteiger partial charge in [-0.25, -0.2) is 0 Å². The average Bonchev–Trinajstić information content (AvgIpc) is 2.79. The predicted octanol–water partition coefficient (Wildman–Crippen LogP) is 3.43. The monoisotopic (exact) mass is 496 g/mol. The molecule has 0 saturated carbocycles. The molecule has 0 aromatic heterocycles. The summed E-state index contributed by atoms with van der Waals surface area (Å²) in [4.78, 5) is 33.2. The lowest BCUT2D eigenvalue weighted by Gasteiger charge is -2.21. The highest BCUT2D eigenvalue weighted by molar-refractivity contribution is 8.00. The van der Waals surface area contributed by atoms with Crippen LogP contribution in [-0.2, 0) is 14.4 Å². The van der Waals surface area contributed by atoms with Gasteiger partial charge < -0.3 is 26.4 Å². The molecule has 192 valence electrons. The summed E-state index contributed by atoms with van der Waals surface area (Å²) in [5.74, 6) is -2.49. The van der Waals surface area contributed by atoms with Gasteiger partial charge in [0.1, 0.15) is 6.54 Å². The van der Waals surface area contributed by atoms with Crippen LogP contribution in [0.3, 0.4) is 0 Å². The first-order valence-corrected chi connectivity index (χ1v) is 12.7. The van der Waals surface area contributed by atoms with E-state index in [0.717, 1.165) is 12.8 Å². The number of aliphatic hydroxyl groups is 1. The number of unbranched alkanes of at least 4 members (excludes halogenated alkanes) is 3. The van der Waals surface area contributed by atoms with Crippen molar-refractivity contribution in [1.82, 2.24) is 5.32 Å². The minimum absolute atomic E-state index is 0.0347. The maximum absolute atomic E-state index is 11.9. The lowest BCUT2D eigenvalue weighted by molar-refractivity contribution is -0.138. The molecule has 0 aliphatic carbocycles. The van der Waals surface area contributed by atoms with Gasteiger partial charge in [0.25, 0.3) is 0 Å². The van der Waals surface area contributed by atoms with Crippen LogP contribution in [0.15, 0.2) is 48.6 Å². The molecule has 0 heterocycles. The zero-order chi connectivity index (χ0) is 25.6. The number of aliphatic carboxylic acids is 2. The van der Waals surface area contributed by atoms with E-state index in [1.165, 1.54) is 31.0 Å². The first kappa shape index (κ1) is 31.6. The molecule has 6 N–H and O–H groups in total. The first-order valence-electron chi connectivity index (χ1n) is 11.7. The van der Waals surface area contributed by atoms with E-state index >= 15 is 0 Å². The first-order chi connectivity index (χ1) is 16.3. The maximum atomic E-state index is 11.9. The third kappa shape index (κ3) is 19.1. The number of carbonyl (C=O) groups excluding carboxylic acids is 1. The number of aliphatic hydroxyl groups excluding tert-OH is 1. The van der Waals surface area contributed by atoms with Gasteiger partial charge in [0, 0.05) is 17.4 Å². The van der Waals surface area contributed by atoms with Gasteiger partial charge in [0.05, 0.1) is 12.1 Å². The Morgan fingerprint density at radius 1 is 0.971 bits per heavy atom.